The number of nitrogens with zero attached hydrogens (tertiary/aromatic N) is 2. The zero-order chi connectivity index (χ0) is 11.4. The molecule has 1 heterocycles. The van der Waals surface area contributed by atoms with Crippen molar-refractivity contribution in [3.05, 3.63) is 41.5 Å². The van der Waals surface area contributed by atoms with Gasteiger partial charge in [-0.1, -0.05) is 17.3 Å². The predicted molar refractivity (Wildman–Crippen MR) is 60.4 cm³/mol. The SMILES string of the molecule is Cc1noc(CSc2cccc(C=O)c2)n1. The van der Waals surface area contributed by atoms with E-state index in [-0.39, 0.29) is 0 Å². The fraction of sp³-hybridized carbons (Fsp3) is 0.182. The van der Waals surface area contributed by atoms with Gasteiger partial charge in [0.15, 0.2) is 5.82 Å². The Balaban J connectivity index is 2.01. The molecule has 0 fully saturated rings. The molecule has 0 unspecified atom stereocenters. The largest absolute Gasteiger partial charge is 0.338 e. The summed E-state index contributed by atoms with van der Waals surface area (Å²) >= 11 is 1.56. The van der Waals surface area contributed by atoms with E-state index in [2.05, 4.69) is 10.1 Å². The summed E-state index contributed by atoms with van der Waals surface area (Å²) in [6.07, 6.45) is 0.834. The molecule has 0 saturated carbocycles. The Morgan fingerprint density at radius 3 is 3.06 bits per heavy atom. The van der Waals surface area contributed by atoms with Gasteiger partial charge < -0.3 is 4.52 Å². The first-order valence-corrected chi connectivity index (χ1v) is 5.74. The van der Waals surface area contributed by atoms with E-state index >= 15 is 0 Å². The summed E-state index contributed by atoms with van der Waals surface area (Å²) in [6.45, 7) is 1.78. The molecule has 4 nitrogen and oxygen atoms in total. The predicted octanol–water partition coefficient (Wildman–Crippen LogP) is 2.48. The highest BCUT2D eigenvalue weighted by Crippen LogP contribution is 2.22. The van der Waals surface area contributed by atoms with Gasteiger partial charge in [0.2, 0.25) is 5.89 Å². The van der Waals surface area contributed by atoms with Crippen LogP contribution in [0.15, 0.2) is 33.7 Å². The summed E-state index contributed by atoms with van der Waals surface area (Å²) in [4.78, 5) is 15.7. The van der Waals surface area contributed by atoms with E-state index in [0.717, 1.165) is 11.2 Å². The summed E-state index contributed by atoms with van der Waals surface area (Å²) in [5, 5.41) is 3.71. The molecule has 0 spiro atoms. The van der Waals surface area contributed by atoms with Crippen LogP contribution in [0.1, 0.15) is 22.1 Å². The molecule has 0 aliphatic rings. The van der Waals surface area contributed by atoms with E-state index in [9.17, 15) is 4.79 Å². The van der Waals surface area contributed by atoms with Crippen LogP contribution in [0.3, 0.4) is 0 Å². The van der Waals surface area contributed by atoms with E-state index in [1.807, 2.05) is 18.2 Å². The molecule has 2 rings (SSSR count). The molecule has 0 radical (unpaired) electrons. The van der Waals surface area contributed by atoms with Gasteiger partial charge in [0.1, 0.15) is 6.29 Å². The normalized spacial score (nSPS) is 10.3. The molecular weight excluding hydrogens is 224 g/mol. The van der Waals surface area contributed by atoms with Gasteiger partial charge in [-0.15, -0.1) is 11.8 Å². The number of thioether (sulfide) groups is 1. The maximum atomic E-state index is 10.6. The monoisotopic (exact) mass is 234 g/mol. The van der Waals surface area contributed by atoms with Crippen molar-refractivity contribution in [2.45, 2.75) is 17.6 Å². The van der Waals surface area contributed by atoms with Crippen molar-refractivity contribution in [3.8, 4) is 0 Å². The lowest BCUT2D eigenvalue weighted by atomic mass is 10.2. The molecule has 1 aromatic carbocycles. The quantitative estimate of drug-likeness (QED) is 0.601. The first-order chi connectivity index (χ1) is 7.78. The molecule has 5 heteroatoms. The second-order valence-corrected chi connectivity index (χ2v) is 4.26. The van der Waals surface area contributed by atoms with Crippen LogP contribution in [0, 0.1) is 6.92 Å². The third-order valence-electron chi connectivity index (χ3n) is 1.93. The maximum Gasteiger partial charge on any atom is 0.236 e. The van der Waals surface area contributed by atoms with Crippen molar-refractivity contribution >= 4 is 18.0 Å². The summed E-state index contributed by atoms with van der Waals surface area (Å²) in [6, 6.07) is 7.40. The zero-order valence-corrected chi connectivity index (χ0v) is 9.53. The van der Waals surface area contributed by atoms with Gasteiger partial charge in [0, 0.05) is 10.5 Å². The Morgan fingerprint density at radius 2 is 2.38 bits per heavy atom. The van der Waals surface area contributed by atoms with E-state index in [0.29, 0.717) is 23.0 Å². The van der Waals surface area contributed by atoms with Crippen molar-refractivity contribution in [3.63, 3.8) is 0 Å². The molecule has 0 bridgehead atoms. The van der Waals surface area contributed by atoms with Crippen molar-refractivity contribution in [2.75, 3.05) is 0 Å². The molecular formula is C11H10N2O2S. The lowest BCUT2D eigenvalue weighted by Gasteiger charge is -1.98. The van der Waals surface area contributed by atoms with Crippen LogP contribution < -0.4 is 0 Å². The average Bonchev–Trinajstić information content (AvgIpc) is 2.73. The standard InChI is InChI=1S/C11H10N2O2S/c1-8-12-11(15-13-8)7-16-10-4-2-3-9(5-10)6-14/h2-6H,7H2,1H3. The van der Waals surface area contributed by atoms with Gasteiger partial charge in [0.25, 0.3) is 0 Å². The van der Waals surface area contributed by atoms with Crippen LogP contribution in [0.2, 0.25) is 0 Å². The summed E-state index contributed by atoms with van der Waals surface area (Å²) in [7, 11) is 0. The first kappa shape index (κ1) is 10.9. The number of hydrogen-bond acceptors (Lipinski definition) is 5. The highest BCUT2D eigenvalue weighted by molar-refractivity contribution is 7.98. The topological polar surface area (TPSA) is 56.0 Å². The summed E-state index contributed by atoms with van der Waals surface area (Å²) in [5.41, 5.74) is 0.673. The van der Waals surface area contributed by atoms with Crippen molar-refractivity contribution in [1.82, 2.24) is 10.1 Å². The van der Waals surface area contributed by atoms with Gasteiger partial charge >= 0.3 is 0 Å². The van der Waals surface area contributed by atoms with Crippen LogP contribution in [0.5, 0.6) is 0 Å². The molecule has 82 valence electrons. The van der Waals surface area contributed by atoms with E-state index in [4.69, 9.17) is 4.52 Å². The van der Waals surface area contributed by atoms with Gasteiger partial charge in [-0.05, 0) is 19.1 Å². The molecule has 0 saturated heterocycles. The number of aryl methyl sites for hydroxylation is 1. The highest BCUT2D eigenvalue weighted by atomic mass is 32.2. The third kappa shape index (κ3) is 2.70. The van der Waals surface area contributed by atoms with Crippen molar-refractivity contribution < 1.29 is 9.32 Å². The minimum absolute atomic E-state index is 0.596. The van der Waals surface area contributed by atoms with Crippen LogP contribution >= 0.6 is 11.8 Å². The lowest BCUT2D eigenvalue weighted by Crippen LogP contribution is -1.83. The lowest BCUT2D eigenvalue weighted by molar-refractivity contribution is 0.112. The number of carbonyl (C=O) groups excluding carboxylic acids is 1. The molecule has 0 aliphatic heterocycles. The minimum atomic E-state index is 0.596. The number of aldehydes is 1. The smallest absolute Gasteiger partial charge is 0.236 e. The molecule has 0 atom stereocenters. The zero-order valence-electron chi connectivity index (χ0n) is 8.71. The molecule has 16 heavy (non-hydrogen) atoms. The Morgan fingerprint density at radius 1 is 1.50 bits per heavy atom. The fourth-order valence-electron chi connectivity index (χ4n) is 1.22. The van der Waals surface area contributed by atoms with Crippen molar-refractivity contribution in [1.29, 1.82) is 0 Å². The molecule has 0 N–H and O–H groups in total. The Labute approximate surface area is 97.1 Å². The average molecular weight is 234 g/mol. The van der Waals surface area contributed by atoms with E-state index in [1.54, 1.807) is 24.8 Å². The minimum Gasteiger partial charge on any atom is -0.338 e. The van der Waals surface area contributed by atoms with Crippen molar-refractivity contribution in [2.24, 2.45) is 0 Å². The number of hydrogen-bond donors (Lipinski definition) is 0. The number of benzene rings is 1. The van der Waals surface area contributed by atoms with Crippen LogP contribution in [-0.4, -0.2) is 16.4 Å². The maximum absolute atomic E-state index is 10.6. The third-order valence-corrected chi connectivity index (χ3v) is 2.90. The Kier molecular flexibility index (Phi) is 3.36. The Bertz CT molecular complexity index is 496. The molecule has 1 aromatic heterocycles. The number of aromatic nitrogens is 2. The van der Waals surface area contributed by atoms with E-state index < -0.39 is 0 Å². The van der Waals surface area contributed by atoms with Crippen LogP contribution in [0.25, 0.3) is 0 Å². The molecule has 0 aliphatic carbocycles. The summed E-state index contributed by atoms with van der Waals surface area (Å²) < 4.78 is 4.99. The van der Waals surface area contributed by atoms with Gasteiger partial charge in [-0.3, -0.25) is 4.79 Å². The highest BCUT2D eigenvalue weighted by Gasteiger charge is 2.03. The second-order valence-electron chi connectivity index (χ2n) is 3.21. The first-order valence-electron chi connectivity index (χ1n) is 4.75. The van der Waals surface area contributed by atoms with Gasteiger partial charge in [0.05, 0.1) is 5.75 Å². The molecule has 2 aromatic rings. The second kappa shape index (κ2) is 4.94. The van der Waals surface area contributed by atoms with Gasteiger partial charge in [-0.25, -0.2) is 0 Å². The fourth-order valence-corrected chi connectivity index (χ4v) is 2.02. The van der Waals surface area contributed by atoms with Crippen LogP contribution in [0.4, 0.5) is 0 Å². The number of carbonyl (C=O) groups is 1. The Hall–Kier alpha value is -1.62. The summed E-state index contributed by atoms with van der Waals surface area (Å²) in [5.74, 6) is 1.85. The van der Waals surface area contributed by atoms with Crippen LogP contribution in [-0.2, 0) is 5.75 Å². The number of rotatable bonds is 4. The van der Waals surface area contributed by atoms with Gasteiger partial charge in [-0.2, -0.15) is 4.98 Å². The molecule has 0 amide bonds. The van der Waals surface area contributed by atoms with E-state index in [1.165, 1.54) is 0 Å².